The average molecular weight is 314 g/mol. The van der Waals surface area contributed by atoms with E-state index in [4.69, 9.17) is 28.3 Å². The van der Waals surface area contributed by atoms with E-state index in [2.05, 4.69) is 15.3 Å². The van der Waals surface area contributed by atoms with Gasteiger partial charge in [0.25, 0.3) is 5.91 Å². The van der Waals surface area contributed by atoms with E-state index in [0.717, 1.165) is 0 Å². The standard InChI is InChI=1S/C12H9Cl2N3O3/c13-8-4-9(17-11(8)14)12(20)16-7-2-1-6(15-5-7)3-10(18)19/h1-2,4-5,17H,3H2,(H,16,20)(H,18,19). The summed E-state index contributed by atoms with van der Waals surface area (Å²) >= 11 is 11.4. The first-order valence-electron chi connectivity index (χ1n) is 5.48. The van der Waals surface area contributed by atoms with E-state index in [1.54, 1.807) is 6.07 Å². The van der Waals surface area contributed by atoms with E-state index in [1.807, 2.05) is 0 Å². The Morgan fingerprint density at radius 2 is 2.10 bits per heavy atom. The zero-order chi connectivity index (χ0) is 14.7. The number of carbonyl (C=O) groups excluding carboxylic acids is 1. The molecule has 0 aliphatic carbocycles. The number of carbonyl (C=O) groups is 2. The highest BCUT2D eigenvalue weighted by atomic mass is 35.5. The molecule has 2 aromatic heterocycles. The fourth-order valence-corrected chi connectivity index (χ4v) is 1.80. The second-order valence-corrected chi connectivity index (χ2v) is 4.69. The van der Waals surface area contributed by atoms with Gasteiger partial charge in [0.2, 0.25) is 0 Å². The van der Waals surface area contributed by atoms with Crippen molar-refractivity contribution < 1.29 is 14.7 Å². The van der Waals surface area contributed by atoms with Crippen LogP contribution in [0.2, 0.25) is 10.2 Å². The van der Waals surface area contributed by atoms with E-state index < -0.39 is 11.9 Å². The summed E-state index contributed by atoms with van der Waals surface area (Å²) in [5.74, 6) is -1.39. The van der Waals surface area contributed by atoms with Gasteiger partial charge >= 0.3 is 5.97 Å². The Kier molecular flexibility index (Phi) is 4.26. The highest BCUT2D eigenvalue weighted by Crippen LogP contribution is 2.22. The molecule has 104 valence electrons. The van der Waals surface area contributed by atoms with E-state index in [1.165, 1.54) is 18.3 Å². The van der Waals surface area contributed by atoms with E-state index >= 15 is 0 Å². The van der Waals surface area contributed by atoms with Gasteiger partial charge in [-0.2, -0.15) is 0 Å². The summed E-state index contributed by atoms with van der Waals surface area (Å²) in [5, 5.41) is 11.6. The topological polar surface area (TPSA) is 95.1 Å². The van der Waals surface area contributed by atoms with Crippen LogP contribution in [0, 0.1) is 0 Å². The van der Waals surface area contributed by atoms with Crippen molar-refractivity contribution in [2.45, 2.75) is 6.42 Å². The summed E-state index contributed by atoms with van der Waals surface area (Å²) in [4.78, 5) is 28.9. The van der Waals surface area contributed by atoms with Gasteiger partial charge in [-0.15, -0.1) is 0 Å². The van der Waals surface area contributed by atoms with Gasteiger partial charge in [-0.05, 0) is 18.2 Å². The minimum atomic E-state index is -0.968. The number of anilines is 1. The van der Waals surface area contributed by atoms with Crippen LogP contribution in [-0.2, 0) is 11.2 Å². The maximum atomic E-state index is 11.9. The first-order valence-corrected chi connectivity index (χ1v) is 6.23. The number of aromatic nitrogens is 2. The lowest BCUT2D eigenvalue weighted by atomic mass is 10.2. The molecule has 0 aliphatic rings. The maximum absolute atomic E-state index is 11.9. The van der Waals surface area contributed by atoms with Gasteiger partial charge in [0, 0.05) is 0 Å². The molecule has 0 saturated carbocycles. The number of carboxylic acid groups (broad SMARTS) is 1. The van der Waals surface area contributed by atoms with Crippen molar-refractivity contribution >= 4 is 40.8 Å². The first kappa shape index (κ1) is 14.4. The normalized spacial score (nSPS) is 10.3. The number of halogens is 2. The van der Waals surface area contributed by atoms with Gasteiger partial charge in [-0.1, -0.05) is 23.2 Å². The van der Waals surface area contributed by atoms with Crippen LogP contribution in [0.25, 0.3) is 0 Å². The lowest BCUT2D eigenvalue weighted by Crippen LogP contribution is -2.12. The summed E-state index contributed by atoms with van der Waals surface area (Å²) in [7, 11) is 0. The molecule has 2 aromatic rings. The molecule has 3 N–H and O–H groups in total. The Hall–Kier alpha value is -2.05. The zero-order valence-electron chi connectivity index (χ0n) is 9.98. The van der Waals surface area contributed by atoms with Crippen molar-refractivity contribution in [1.82, 2.24) is 9.97 Å². The fourth-order valence-electron chi connectivity index (χ4n) is 1.48. The predicted molar refractivity (Wildman–Crippen MR) is 74.3 cm³/mol. The van der Waals surface area contributed by atoms with Crippen molar-refractivity contribution in [2.75, 3.05) is 5.32 Å². The number of rotatable bonds is 4. The Morgan fingerprint density at radius 3 is 2.60 bits per heavy atom. The van der Waals surface area contributed by atoms with Gasteiger partial charge < -0.3 is 15.4 Å². The second kappa shape index (κ2) is 5.94. The fraction of sp³-hybridized carbons (Fsp3) is 0.0833. The van der Waals surface area contributed by atoms with Crippen molar-refractivity contribution in [3.8, 4) is 0 Å². The van der Waals surface area contributed by atoms with Crippen LogP contribution in [0.4, 0.5) is 5.69 Å². The van der Waals surface area contributed by atoms with Gasteiger partial charge in [0.1, 0.15) is 10.8 Å². The molecule has 8 heteroatoms. The molecule has 0 saturated heterocycles. The molecule has 0 aromatic carbocycles. The van der Waals surface area contributed by atoms with Crippen LogP contribution in [0.1, 0.15) is 16.2 Å². The highest BCUT2D eigenvalue weighted by Gasteiger charge is 2.12. The number of hydrogen-bond donors (Lipinski definition) is 3. The SMILES string of the molecule is O=C(O)Cc1ccc(NC(=O)c2cc(Cl)c(Cl)[nH]2)cn1. The Balaban J connectivity index is 2.06. The van der Waals surface area contributed by atoms with Crippen molar-refractivity contribution in [3.05, 3.63) is 46.0 Å². The van der Waals surface area contributed by atoms with Crippen LogP contribution in [-0.4, -0.2) is 27.0 Å². The van der Waals surface area contributed by atoms with E-state index in [-0.39, 0.29) is 22.3 Å². The number of hydrogen-bond acceptors (Lipinski definition) is 3. The van der Waals surface area contributed by atoms with E-state index in [0.29, 0.717) is 11.4 Å². The smallest absolute Gasteiger partial charge is 0.309 e. The molecular formula is C12H9Cl2N3O3. The molecule has 6 nitrogen and oxygen atoms in total. The molecular weight excluding hydrogens is 305 g/mol. The lowest BCUT2D eigenvalue weighted by molar-refractivity contribution is -0.136. The molecule has 0 aliphatic heterocycles. The van der Waals surface area contributed by atoms with Gasteiger partial charge in [0.05, 0.1) is 29.0 Å². The van der Waals surface area contributed by atoms with Crippen LogP contribution in [0.5, 0.6) is 0 Å². The third-order valence-corrected chi connectivity index (χ3v) is 3.08. The quantitative estimate of drug-likeness (QED) is 0.808. The van der Waals surface area contributed by atoms with Gasteiger partial charge in [-0.3, -0.25) is 14.6 Å². The average Bonchev–Trinajstić information content (AvgIpc) is 2.71. The summed E-state index contributed by atoms with van der Waals surface area (Å²) in [5.41, 5.74) is 1.06. The molecule has 0 radical (unpaired) electrons. The molecule has 0 atom stereocenters. The number of nitrogens with one attached hydrogen (secondary N) is 2. The number of aliphatic carboxylic acids is 1. The number of pyridine rings is 1. The molecule has 0 unspecified atom stereocenters. The number of carboxylic acids is 1. The Bertz CT molecular complexity index is 633. The summed E-state index contributed by atoms with van der Waals surface area (Å²) < 4.78 is 0. The first-order chi connectivity index (χ1) is 9.45. The Morgan fingerprint density at radius 1 is 1.35 bits per heavy atom. The number of aromatic amines is 1. The van der Waals surface area contributed by atoms with E-state index in [9.17, 15) is 9.59 Å². The summed E-state index contributed by atoms with van der Waals surface area (Å²) in [6, 6.07) is 4.50. The van der Waals surface area contributed by atoms with Gasteiger partial charge in [0.15, 0.2) is 0 Å². The minimum Gasteiger partial charge on any atom is -0.481 e. The Labute approximate surface area is 123 Å². The predicted octanol–water partition coefficient (Wildman–Crippen LogP) is 2.60. The summed E-state index contributed by atoms with van der Waals surface area (Å²) in [6.45, 7) is 0. The number of nitrogens with zero attached hydrogens (tertiary/aromatic N) is 1. The molecule has 2 rings (SSSR count). The highest BCUT2D eigenvalue weighted by molar-refractivity contribution is 6.41. The third-order valence-electron chi connectivity index (χ3n) is 2.38. The van der Waals surface area contributed by atoms with Crippen molar-refractivity contribution in [3.63, 3.8) is 0 Å². The summed E-state index contributed by atoms with van der Waals surface area (Å²) in [6.07, 6.45) is 1.21. The largest absolute Gasteiger partial charge is 0.481 e. The van der Waals surface area contributed by atoms with Crippen LogP contribution < -0.4 is 5.32 Å². The van der Waals surface area contributed by atoms with Crippen LogP contribution >= 0.6 is 23.2 Å². The molecule has 20 heavy (non-hydrogen) atoms. The van der Waals surface area contributed by atoms with Gasteiger partial charge in [-0.25, -0.2) is 0 Å². The lowest BCUT2D eigenvalue weighted by Gasteiger charge is -2.04. The number of amides is 1. The second-order valence-electron chi connectivity index (χ2n) is 3.91. The monoisotopic (exact) mass is 313 g/mol. The minimum absolute atomic E-state index is 0.171. The molecule has 0 bridgehead atoms. The van der Waals surface area contributed by atoms with Crippen molar-refractivity contribution in [2.24, 2.45) is 0 Å². The third kappa shape index (κ3) is 3.49. The molecule has 2 heterocycles. The molecule has 1 amide bonds. The zero-order valence-corrected chi connectivity index (χ0v) is 11.5. The van der Waals surface area contributed by atoms with Crippen LogP contribution in [0.15, 0.2) is 24.4 Å². The van der Waals surface area contributed by atoms with Crippen molar-refractivity contribution in [1.29, 1.82) is 0 Å². The maximum Gasteiger partial charge on any atom is 0.309 e. The van der Waals surface area contributed by atoms with Crippen LogP contribution in [0.3, 0.4) is 0 Å². The molecule has 0 spiro atoms. The number of H-pyrrole nitrogens is 1. The molecule has 0 fully saturated rings.